The minimum atomic E-state index is 0.991. The number of pyridine rings is 1. The van der Waals surface area contributed by atoms with E-state index in [2.05, 4.69) is 131 Å². The van der Waals surface area contributed by atoms with Gasteiger partial charge in [0, 0.05) is 34.4 Å². The lowest BCUT2D eigenvalue weighted by atomic mass is 10.0. The molecule has 40 heavy (non-hydrogen) atoms. The van der Waals surface area contributed by atoms with Crippen LogP contribution in [0.1, 0.15) is 0 Å². The number of rotatable bonds is 4. The van der Waals surface area contributed by atoms with E-state index in [-0.39, 0.29) is 0 Å². The van der Waals surface area contributed by atoms with Crippen LogP contribution in [-0.2, 0) is 0 Å². The van der Waals surface area contributed by atoms with Crippen LogP contribution in [0.4, 0.5) is 0 Å². The van der Waals surface area contributed by atoms with Crippen LogP contribution in [-0.4, -0.2) is 14.5 Å². The Morgan fingerprint density at radius 1 is 0.525 bits per heavy atom. The molecular weight excluding hydrogens is 506 g/mol. The average molecular weight is 530 g/mol. The van der Waals surface area contributed by atoms with Crippen molar-refractivity contribution in [2.75, 3.05) is 0 Å². The molecule has 0 radical (unpaired) electrons. The molecule has 0 fully saturated rings. The number of aromatic nitrogens is 3. The molecule has 0 bridgehead atoms. The van der Waals surface area contributed by atoms with Gasteiger partial charge in [0.1, 0.15) is 5.01 Å². The summed E-state index contributed by atoms with van der Waals surface area (Å²) in [7, 11) is 0. The van der Waals surface area contributed by atoms with Gasteiger partial charge >= 0.3 is 0 Å². The van der Waals surface area contributed by atoms with Crippen LogP contribution in [0.15, 0.2) is 140 Å². The van der Waals surface area contributed by atoms with E-state index in [0.29, 0.717) is 0 Å². The highest BCUT2D eigenvalue weighted by Crippen LogP contribution is 2.38. The zero-order valence-electron chi connectivity index (χ0n) is 21.5. The summed E-state index contributed by atoms with van der Waals surface area (Å²) in [6.07, 6.45) is 3.68. The fraction of sp³-hybridized carbons (Fsp3) is 0. The Morgan fingerprint density at radius 2 is 1.10 bits per heavy atom. The lowest BCUT2D eigenvalue weighted by molar-refractivity contribution is 1.18. The summed E-state index contributed by atoms with van der Waals surface area (Å²) in [5.41, 5.74) is 10.5. The van der Waals surface area contributed by atoms with Crippen molar-refractivity contribution in [2.24, 2.45) is 0 Å². The van der Waals surface area contributed by atoms with E-state index in [1.807, 2.05) is 12.3 Å². The molecular formula is C36H23N3S. The SMILES string of the molecule is c1ccc(-c2ccc3c(c2)c2cc(-c4ccccc4)ccc2n3-c2ccc(-c3nc4ccncc4s3)cc2)cc1. The minimum absolute atomic E-state index is 0.991. The smallest absolute Gasteiger partial charge is 0.124 e. The number of benzene rings is 5. The van der Waals surface area contributed by atoms with Crippen molar-refractivity contribution < 1.29 is 0 Å². The number of hydrogen-bond donors (Lipinski definition) is 0. The Bertz CT molecular complexity index is 2010. The molecule has 0 amide bonds. The molecule has 8 aromatic rings. The van der Waals surface area contributed by atoms with Gasteiger partial charge in [-0.25, -0.2) is 4.98 Å². The number of fused-ring (bicyclic) bond motifs is 4. The first-order chi connectivity index (χ1) is 19.8. The zero-order chi connectivity index (χ0) is 26.5. The lowest BCUT2D eigenvalue weighted by Crippen LogP contribution is -1.94. The number of thiazole rings is 1. The van der Waals surface area contributed by atoms with Gasteiger partial charge in [-0.3, -0.25) is 4.98 Å². The van der Waals surface area contributed by atoms with E-state index in [1.54, 1.807) is 17.5 Å². The molecule has 0 aliphatic heterocycles. The van der Waals surface area contributed by atoms with Crippen molar-refractivity contribution in [2.45, 2.75) is 0 Å². The first-order valence-electron chi connectivity index (χ1n) is 13.3. The van der Waals surface area contributed by atoms with Crippen molar-refractivity contribution >= 4 is 43.4 Å². The first-order valence-corrected chi connectivity index (χ1v) is 14.1. The fourth-order valence-corrected chi connectivity index (χ4v) is 6.52. The van der Waals surface area contributed by atoms with Crippen LogP contribution >= 0.6 is 11.3 Å². The van der Waals surface area contributed by atoms with Gasteiger partial charge in [0.2, 0.25) is 0 Å². The predicted molar refractivity (Wildman–Crippen MR) is 168 cm³/mol. The molecule has 5 aromatic carbocycles. The van der Waals surface area contributed by atoms with E-state index < -0.39 is 0 Å². The topological polar surface area (TPSA) is 30.7 Å². The second-order valence-electron chi connectivity index (χ2n) is 9.94. The van der Waals surface area contributed by atoms with Gasteiger partial charge < -0.3 is 4.57 Å². The highest BCUT2D eigenvalue weighted by Gasteiger charge is 2.15. The summed E-state index contributed by atoms with van der Waals surface area (Å²) >= 11 is 1.68. The lowest BCUT2D eigenvalue weighted by Gasteiger charge is -2.09. The normalized spacial score (nSPS) is 11.5. The first kappa shape index (κ1) is 22.9. The van der Waals surface area contributed by atoms with Crippen LogP contribution in [0.25, 0.3) is 70.5 Å². The van der Waals surface area contributed by atoms with Crippen LogP contribution in [0, 0.1) is 0 Å². The Balaban J connectivity index is 1.31. The van der Waals surface area contributed by atoms with Crippen LogP contribution in [0.2, 0.25) is 0 Å². The maximum atomic E-state index is 4.82. The number of hydrogen-bond acceptors (Lipinski definition) is 3. The molecule has 0 aliphatic carbocycles. The molecule has 8 rings (SSSR count). The molecule has 0 N–H and O–H groups in total. The molecule has 3 nitrogen and oxygen atoms in total. The van der Waals surface area contributed by atoms with Crippen LogP contribution < -0.4 is 0 Å². The average Bonchev–Trinajstić information content (AvgIpc) is 3.61. The summed E-state index contributed by atoms with van der Waals surface area (Å²) in [4.78, 5) is 9.07. The van der Waals surface area contributed by atoms with Crippen LogP contribution in [0.3, 0.4) is 0 Å². The molecule has 3 heterocycles. The minimum Gasteiger partial charge on any atom is -0.309 e. The second-order valence-corrected chi connectivity index (χ2v) is 11.0. The summed E-state index contributed by atoms with van der Waals surface area (Å²) < 4.78 is 3.48. The van der Waals surface area contributed by atoms with Crippen molar-refractivity contribution in [3.05, 3.63) is 140 Å². The third-order valence-corrected chi connectivity index (χ3v) is 8.60. The molecule has 0 spiro atoms. The van der Waals surface area contributed by atoms with Gasteiger partial charge in [0.15, 0.2) is 0 Å². The zero-order valence-corrected chi connectivity index (χ0v) is 22.3. The van der Waals surface area contributed by atoms with Crippen molar-refractivity contribution in [1.29, 1.82) is 0 Å². The van der Waals surface area contributed by atoms with Gasteiger partial charge in [-0.15, -0.1) is 11.3 Å². The number of nitrogens with zero attached hydrogens (tertiary/aromatic N) is 3. The van der Waals surface area contributed by atoms with E-state index in [1.165, 1.54) is 44.1 Å². The molecule has 0 atom stereocenters. The molecule has 188 valence electrons. The monoisotopic (exact) mass is 529 g/mol. The maximum Gasteiger partial charge on any atom is 0.124 e. The Morgan fingerprint density at radius 3 is 1.68 bits per heavy atom. The summed E-state index contributed by atoms with van der Waals surface area (Å²) in [6.45, 7) is 0. The maximum absolute atomic E-state index is 4.82. The summed E-state index contributed by atoms with van der Waals surface area (Å²) in [5, 5.41) is 3.51. The van der Waals surface area contributed by atoms with E-state index in [0.717, 1.165) is 26.5 Å². The van der Waals surface area contributed by atoms with Gasteiger partial charge in [0.05, 0.1) is 21.3 Å². The molecule has 3 aromatic heterocycles. The van der Waals surface area contributed by atoms with Crippen molar-refractivity contribution in [3.8, 4) is 38.5 Å². The highest BCUT2D eigenvalue weighted by molar-refractivity contribution is 7.21. The van der Waals surface area contributed by atoms with E-state index in [4.69, 9.17) is 4.98 Å². The third kappa shape index (κ3) is 3.81. The molecule has 0 aliphatic rings. The van der Waals surface area contributed by atoms with Crippen molar-refractivity contribution in [1.82, 2.24) is 14.5 Å². The van der Waals surface area contributed by atoms with Gasteiger partial charge in [-0.1, -0.05) is 72.8 Å². The highest BCUT2D eigenvalue weighted by atomic mass is 32.1. The second kappa shape index (κ2) is 9.30. The van der Waals surface area contributed by atoms with E-state index >= 15 is 0 Å². The van der Waals surface area contributed by atoms with Crippen molar-refractivity contribution in [3.63, 3.8) is 0 Å². The van der Waals surface area contributed by atoms with Gasteiger partial charge in [-0.2, -0.15) is 0 Å². The Labute approximate surface area is 235 Å². The summed E-state index contributed by atoms with van der Waals surface area (Å²) in [5.74, 6) is 0. The van der Waals surface area contributed by atoms with Gasteiger partial charge in [0.25, 0.3) is 0 Å². The van der Waals surface area contributed by atoms with E-state index in [9.17, 15) is 0 Å². The molecule has 0 saturated heterocycles. The molecule has 0 unspecified atom stereocenters. The Kier molecular flexibility index (Phi) is 5.32. The predicted octanol–water partition coefficient (Wildman–Crippen LogP) is 9.79. The third-order valence-electron chi connectivity index (χ3n) is 7.54. The summed E-state index contributed by atoms with van der Waals surface area (Å²) in [6, 6.07) is 45.6. The van der Waals surface area contributed by atoms with Crippen LogP contribution in [0.5, 0.6) is 0 Å². The Hall–Kier alpha value is -5.06. The fourth-order valence-electron chi connectivity index (χ4n) is 5.58. The largest absolute Gasteiger partial charge is 0.309 e. The standard InChI is InChI=1S/C36H23N3S/c1-3-7-24(8-4-1)27-13-17-33-30(21-27)31-22-28(25-9-5-2-6-10-25)14-18-34(31)39(33)29-15-11-26(12-16-29)36-38-32-19-20-37-23-35(32)40-36/h1-23H. The molecule has 4 heteroatoms. The van der Waals surface area contributed by atoms with Gasteiger partial charge in [-0.05, 0) is 76.9 Å². The molecule has 0 saturated carbocycles. The quantitative estimate of drug-likeness (QED) is 0.227.